The Morgan fingerprint density at radius 2 is 1.68 bits per heavy atom. The molecule has 0 bridgehead atoms. The van der Waals surface area contributed by atoms with Crippen LogP contribution >= 0.6 is 0 Å². The topological polar surface area (TPSA) is 98.8 Å². The lowest BCUT2D eigenvalue weighted by atomic mass is 10.1. The summed E-state index contributed by atoms with van der Waals surface area (Å²) >= 11 is 0. The molecular weight excluding hydrogens is 428 g/mol. The number of carbonyl (C=O) groups is 1. The first kappa shape index (κ1) is 21.4. The number of nitrogens with one attached hydrogen (secondary N) is 3. The molecule has 3 N–H and O–H groups in total. The van der Waals surface area contributed by atoms with Crippen LogP contribution in [-0.4, -0.2) is 44.1 Å². The molecule has 34 heavy (non-hydrogen) atoms. The number of hydrogen-bond donors (Lipinski definition) is 3. The van der Waals surface area contributed by atoms with Gasteiger partial charge in [-0.15, -0.1) is 0 Å². The third kappa shape index (κ3) is 4.67. The number of imidazole rings is 1. The third-order valence-electron chi connectivity index (χ3n) is 5.51. The van der Waals surface area contributed by atoms with E-state index in [-0.39, 0.29) is 18.1 Å². The Balaban J connectivity index is 1.32. The number of likely N-dealkylation sites (N-methyl/N-ethyl adjacent to an activating group) is 1. The van der Waals surface area contributed by atoms with Crippen molar-refractivity contribution < 1.29 is 4.79 Å². The second-order valence-electron chi connectivity index (χ2n) is 8.21. The standard InChI is InChI=1S/C26H24N6O2/c1-31(17-24(33)27-20-12-13-22-23(14-20)29-26(34)28-22)15-19-16-32(21-10-6-3-7-11-21)30-25(19)18-8-4-2-5-9-18/h2-14,16H,15,17H2,1H3,(H,27,33)(H2,28,29,34). The summed E-state index contributed by atoms with van der Waals surface area (Å²) in [5.74, 6) is -0.142. The second-order valence-corrected chi connectivity index (χ2v) is 8.21. The fourth-order valence-corrected chi connectivity index (χ4v) is 3.98. The van der Waals surface area contributed by atoms with Crippen LogP contribution in [-0.2, 0) is 11.3 Å². The summed E-state index contributed by atoms with van der Waals surface area (Å²) in [4.78, 5) is 31.5. The van der Waals surface area contributed by atoms with Crippen molar-refractivity contribution in [3.8, 4) is 16.9 Å². The van der Waals surface area contributed by atoms with E-state index in [0.29, 0.717) is 23.3 Å². The lowest BCUT2D eigenvalue weighted by molar-refractivity contribution is -0.117. The average Bonchev–Trinajstić information content (AvgIpc) is 3.42. The molecule has 5 rings (SSSR count). The van der Waals surface area contributed by atoms with Gasteiger partial charge in [-0.3, -0.25) is 9.69 Å². The molecule has 0 aliphatic carbocycles. The van der Waals surface area contributed by atoms with Crippen molar-refractivity contribution in [3.63, 3.8) is 0 Å². The minimum atomic E-state index is -0.275. The highest BCUT2D eigenvalue weighted by molar-refractivity contribution is 5.94. The zero-order valence-electron chi connectivity index (χ0n) is 18.7. The molecule has 0 radical (unpaired) electrons. The maximum Gasteiger partial charge on any atom is 0.323 e. The predicted molar refractivity (Wildman–Crippen MR) is 133 cm³/mol. The highest BCUT2D eigenvalue weighted by Gasteiger charge is 2.16. The first-order valence-corrected chi connectivity index (χ1v) is 10.9. The number of hydrogen-bond acceptors (Lipinski definition) is 4. The average molecular weight is 453 g/mol. The summed E-state index contributed by atoms with van der Waals surface area (Å²) in [6.07, 6.45) is 2.02. The minimum absolute atomic E-state index is 0.142. The number of rotatable bonds is 7. The molecule has 0 aliphatic heterocycles. The minimum Gasteiger partial charge on any atom is -0.325 e. The summed E-state index contributed by atoms with van der Waals surface area (Å²) < 4.78 is 1.87. The first-order chi connectivity index (χ1) is 16.5. The molecule has 8 nitrogen and oxygen atoms in total. The largest absolute Gasteiger partial charge is 0.325 e. The van der Waals surface area contributed by atoms with Gasteiger partial charge in [-0.25, -0.2) is 9.48 Å². The van der Waals surface area contributed by atoms with Gasteiger partial charge in [-0.05, 0) is 37.4 Å². The zero-order valence-corrected chi connectivity index (χ0v) is 18.7. The molecule has 0 aliphatic rings. The molecular formula is C26H24N6O2. The van der Waals surface area contributed by atoms with Crippen molar-refractivity contribution in [2.75, 3.05) is 18.9 Å². The maximum atomic E-state index is 12.7. The normalized spacial score (nSPS) is 11.2. The number of para-hydroxylation sites is 1. The lowest BCUT2D eigenvalue weighted by Gasteiger charge is -2.16. The third-order valence-corrected chi connectivity index (χ3v) is 5.51. The quantitative estimate of drug-likeness (QED) is 0.350. The van der Waals surface area contributed by atoms with E-state index in [4.69, 9.17) is 5.10 Å². The van der Waals surface area contributed by atoms with Crippen LogP contribution in [0.1, 0.15) is 5.56 Å². The number of amides is 1. The second kappa shape index (κ2) is 9.21. The number of nitrogens with zero attached hydrogens (tertiary/aromatic N) is 3. The molecule has 0 saturated heterocycles. The Morgan fingerprint density at radius 3 is 2.44 bits per heavy atom. The Labute approximate surface area is 195 Å². The number of anilines is 1. The highest BCUT2D eigenvalue weighted by atomic mass is 16.2. The summed E-state index contributed by atoms with van der Waals surface area (Å²) in [5.41, 5.74) is 5.62. The van der Waals surface area contributed by atoms with E-state index >= 15 is 0 Å². The van der Waals surface area contributed by atoms with E-state index in [1.54, 1.807) is 18.2 Å². The van der Waals surface area contributed by atoms with Crippen LogP contribution in [0.4, 0.5) is 5.69 Å². The molecule has 1 amide bonds. The van der Waals surface area contributed by atoms with Crippen molar-refractivity contribution in [2.24, 2.45) is 0 Å². The number of aromatic amines is 2. The van der Waals surface area contributed by atoms with Crippen LogP contribution in [0.25, 0.3) is 28.0 Å². The monoisotopic (exact) mass is 452 g/mol. The summed E-state index contributed by atoms with van der Waals surface area (Å²) in [7, 11) is 1.90. The molecule has 2 heterocycles. The van der Waals surface area contributed by atoms with E-state index < -0.39 is 0 Å². The van der Waals surface area contributed by atoms with Crippen molar-refractivity contribution in [1.29, 1.82) is 0 Å². The van der Waals surface area contributed by atoms with Crippen LogP contribution in [0.15, 0.2) is 89.9 Å². The van der Waals surface area contributed by atoms with Crippen LogP contribution in [0, 0.1) is 0 Å². The number of carbonyl (C=O) groups excluding carboxylic acids is 1. The van der Waals surface area contributed by atoms with Gasteiger partial charge in [0.15, 0.2) is 0 Å². The van der Waals surface area contributed by atoms with Crippen LogP contribution in [0.3, 0.4) is 0 Å². The highest BCUT2D eigenvalue weighted by Crippen LogP contribution is 2.24. The van der Waals surface area contributed by atoms with Crippen molar-refractivity contribution in [3.05, 3.63) is 101 Å². The molecule has 8 heteroatoms. The van der Waals surface area contributed by atoms with Gasteiger partial charge in [-0.1, -0.05) is 48.5 Å². The molecule has 170 valence electrons. The fourth-order valence-electron chi connectivity index (χ4n) is 3.98. The van der Waals surface area contributed by atoms with E-state index in [2.05, 4.69) is 15.3 Å². The Kier molecular flexibility index (Phi) is 5.80. The lowest BCUT2D eigenvalue weighted by Crippen LogP contribution is -2.29. The maximum absolute atomic E-state index is 12.7. The van der Waals surface area contributed by atoms with Gasteiger partial charge in [0, 0.05) is 29.6 Å². The Bertz CT molecular complexity index is 1480. The molecule has 0 unspecified atom stereocenters. The zero-order chi connectivity index (χ0) is 23.5. The first-order valence-electron chi connectivity index (χ1n) is 10.9. The number of benzene rings is 3. The molecule has 0 fully saturated rings. The number of aromatic nitrogens is 4. The summed E-state index contributed by atoms with van der Waals surface area (Å²) in [6, 6.07) is 25.3. The summed E-state index contributed by atoms with van der Waals surface area (Å²) in [6.45, 7) is 0.751. The van der Waals surface area contributed by atoms with Crippen LogP contribution in [0.2, 0.25) is 0 Å². The molecule has 0 atom stereocenters. The number of fused-ring (bicyclic) bond motifs is 1. The fraction of sp³-hybridized carbons (Fsp3) is 0.115. The van der Waals surface area contributed by atoms with E-state index in [1.165, 1.54) is 0 Å². The molecule has 2 aromatic heterocycles. The van der Waals surface area contributed by atoms with Gasteiger partial charge in [0.05, 0.1) is 29.0 Å². The van der Waals surface area contributed by atoms with E-state index in [0.717, 1.165) is 22.5 Å². The van der Waals surface area contributed by atoms with Gasteiger partial charge in [-0.2, -0.15) is 5.10 Å². The van der Waals surface area contributed by atoms with Crippen molar-refractivity contribution >= 4 is 22.6 Å². The Hall–Kier alpha value is -4.43. The van der Waals surface area contributed by atoms with Crippen molar-refractivity contribution in [2.45, 2.75) is 6.54 Å². The van der Waals surface area contributed by atoms with E-state index in [9.17, 15) is 9.59 Å². The van der Waals surface area contributed by atoms with Gasteiger partial charge >= 0.3 is 5.69 Å². The van der Waals surface area contributed by atoms with Gasteiger partial charge < -0.3 is 15.3 Å². The molecule has 3 aromatic carbocycles. The van der Waals surface area contributed by atoms with E-state index in [1.807, 2.05) is 83.5 Å². The van der Waals surface area contributed by atoms with Gasteiger partial charge in [0.25, 0.3) is 0 Å². The number of H-pyrrole nitrogens is 2. The molecule has 0 saturated carbocycles. The Morgan fingerprint density at radius 1 is 0.971 bits per heavy atom. The molecule has 0 spiro atoms. The van der Waals surface area contributed by atoms with Crippen molar-refractivity contribution in [1.82, 2.24) is 24.6 Å². The van der Waals surface area contributed by atoms with Crippen LogP contribution < -0.4 is 11.0 Å². The molecule has 5 aromatic rings. The predicted octanol–water partition coefficient (Wildman–Crippen LogP) is 3.78. The SMILES string of the molecule is CN(CC(=O)Nc1ccc2[nH]c(=O)[nH]c2c1)Cc1cn(-c2ccccc2)nc1-c1ccccc1. The summed E-state index contributed by atoms with van der Waals surface area (Å²) in [5, 5.41) is 7.74. The smallest absolute Gasteiger partial charge is 0.323 e. The van der Waals surface area contributed by atoms with Crippen LogP contribution in [0.5, 0.6) is 0 Å². The van der Waals surface area contributed by atoms with Gasteiger partial charge in [0.1, 0.15) is 0 Å². The van der Waals surface area contributed by atoms with Gasteiger partial charge in [0.2, 0.25) is 5.91 Å².